The molecule has 5 heteroatoms. The first kappa shape index (κ1) is 7.25. The van der Waals surface area contributed by atoms with Crippen LogP contribution >= 0.6 is 0 Å². The average molecular weight is 186 g/mol. The summed E-state index contributed by atoms with van der Waals surface area (Å²) in [6.45, 7) is 0. The van der Waals surface area contributed by atoms with Crippen molar-refractivity contribution in [2.45, 2.75) is 0 Å². The van der Waals surface area contributed by atoms with Crippen molar-refractivity contribution >= 4 is 28.7 Å². The van der Waals surface area contributed by atoms with Crippen LogP contribution in [0.4, 0.5) is 11.5 Å². The Morgan fingerprint density at radius 1 is 1.29 bits per heavy atom. The maximum atomic E-state index is 11.1. The Hall–Kier alpha value is -2.17. The van der Waals surface area contributed by atoms with Gasteiger partial charge in [-0.2, -0.15) is 4.98 Å². The van der Waals surface area contributed by atoms with Crippen molar-refractivity contribution in [3.63, 3.8) is 0 Å². The lowest BCUT2D eigenvalue weighted by molar-refractivity contribution is 1.11. The van der Waals surface area contributed by atoms with Crippen LogP contribution in [-0.4, -0.2) is 16.3 Å². The molecule has 0 spiro atoms. The molecular formula is C9H6N4O. The first-order valence-electron chi connectivity index (χ1n) is 4.17. The lowest BCUT2D eigenvalue weighted by Crippen LogP contribution is -2.12. The fourth-order valence-corrected chi connectivity index (χ4v) is 1.57. The van der Waals surface area contributed by atoms with Crippen LogP contribution in [0, 0.1) is 0 Å². The summed E-state index contributed by atoms with van der Waals surface area (Å²) >= 11 is 0. The molecule has 2 aromatic rings. The SMILES string of the molecule is O=c1nc2c3c(cccc3[nH]1)NC=N2. The Labute approximate surface area is 78.5 Å². The zero-order valence-corrected chi connectivity index (χ0v) is 7.11. The van der Waals surface area contributed by atoms with Gasteiger partial charge < -0.3 is 10.3 Å². The molecule has 0 fully saturated rings. The van der Waals surface area contributed by atoms with Crippen molar-refractivity contribution < 1.29 is 0 Å². The maximum Gasteiger partial charge on any atom is 0.347 e. The van der Waals surface area contributed by atoms with E-state index in [0.717, 1.165) is 16.6 Å². The van der Waals surface area contributed by atoms with Crippen molar-refractivity contribution in [1.29, 1.82) is 0 Å². The molecule has 1 aromatic heterocycles. The highest BCUT2D eigenvalue weighted by atomic mass is 16.1. The number of rotatable bonds is 0. The van der Waals surface area contributed by atoms with Gasteiger partial charge in [0.25, 0.3) is 0 Å². The van der Waals surface area contributed by atoms with Crippen LogP contribution in [0.3, 0.4) is 0 Å². The van der Waals surface area contributed by atoms with Crippen LogP contribution in [0.2, 0.25) is 0 Å². The molecule has 0 aliphatic carbocycles. The molecule has 0 bridgehead atoms. The minimum absolute atomic E-state index is 0.372. The van der Waals surface area contributed by atoms with Crippen molar-refractivity contribution in [3.8, 4) is 0 Å². The fraction of sp³-hybridized carbons (Fsp3) is 0. The van der Waals surface area contributed by atoms with Crippen molar-refractivity contribution in [1.82, 2.24) is 9.97 Å². The summed E-state index contributed by atoms with van der Waals surface area (Å²) in [7, 11) is 0. The molecule has 1 aliphatic heterocycles. The number of H-pyrrole nitrogens is 1. The molecule has 0 saturated carbocycles. The summed E-state index contributed by atoms with van der Waals surface area (Å²) in [6.07, 6.45) is 1.53. The summed E-state index contributed by atoms with van der Waals surface area (Å²) in [6, 6.07) is 5.61. The second-order valence-electron chi connectivity index (χ2n) is 3.00. The number of hydrogen-bond donors (Lipinski definition) is 2. The van der Waals surface area contributed by atoms with Gasteiger partial charge in [0.2, 0.25) is 0 Å². The van der Waals surface area contributed by atoms with Crippen molar-refractivity contribution in [2.24, 2.45) is 4.99 Å². The third-order valence-corrected chi connectivity index (χ3v) is 2.14. The van der Waals surface area contributed by atoms with E-state index in [4.69, 9.17) is 0 Å². The second kappa shape index (κ2) is 2.41. The van der Waals surface area contributed by atoms with E-state index < -0.39 is 0 Å². The minimum Gasteiger partial charge on any atom is -0.346 e. The predicted molar refractivity (Wildman–Crippen MR) is 54.1 cm³/mol. The number of nitrogens with one attached hydrogen (secondary N) is 2. The summed E-state index contributed by atoms with van der Waals surface area (Å²) in [4.78, 5) is 21.6. The molecule has 0 saturated heterocycles. The zero-order chi connectivity index (χ0) is 9.54. The average Bonchev–Trinajstić information content (AvgIpc) is 2.18. The van der Waals surface area contributed by atoms with Gasteiger partial charge in [0.15, 0.2) is 5.82 Å². The molecule has 2 heterocycles. The Morgan fingerprint density at radius 2 is 2.21 bits per heavy atom. The quantitative estimate of drug-likeness (QED) is 0.645. The van der Waals surface area contributed by atoms with Gasteiger partial charge in [0.05, 0.1) is 22.9 Å². The van der Waals surface area contributed by atoms with E-state index in [-0.39, 0.29) is 5.69 Å². The van der Waals surface area contributed by atoms with Crippen molar-refractivity contribution in [2.75, 3.05) is 5.32 Å². The number of anilines is 1. The third kappa shape index (κ3) is 0.861. The van der Waals surface area contributed by atoms with Gasteiger partial charge in [-0.15, -0.1) is 0 Å². The number of hydrogen-bond acceptors (Lipinski definition) is 4. The zero-order valence-electron chi connectivity index (χ0n) is 7.11. The first-order chi connectivity index (χ1) is 6.84. The lowest BCUT2D eigenvalue weighted by atomic mass is 10.2. The molecule has 14 heavy (non-hydrogen) atoms. The molecule has 0 unspecified atom stereocenters. The van der Waals surface area contributed by atoms with Gasteiger partial charge >= 0.3 is 5.69 Å². The molecule has 0 atom stereocenters. The molecule has 1 aliphatic rings. The van der Waals surface area contributed by atoms with Gasteiger partial charge in [-0.25, -0.2) is 9.79 Å². The van der Waals surface area contributed by atoms with E-state index in [1.165, 1.54) is 6.34 Å². The van der Waals surface area contributed by atoms with E-state index in [2.05, 4.69) is 20.3 Å². The van der Waals surface area contributed by atoms with E-state index in [0.29, 0.717) is 5.82 Å². The van der Waals surface area contributed by atoms with Gasteiger partial charge in [-0.1, -0.05) is 6.07 Å². The smallest absolute Gasteiger partial charge is 0.346 e. The third-order valence-electron chi connectivity index (χ3n) is 2.14. The monoisotopic (exact) mass is 186 g/mol. The number of nitrogens with zero attached hydrogens (tertiary/aromatic N) is 2. The Balaban J connectivity index is 2.60. The van der Waals surface area contributed by atoms with Crippen LogP contribution in [0.5, 0.6) is 0 Å². The standard InChI is InChI=1S/C9H6N4O/c14-9-12-6-3-1-2-5-7(6)8(13-9)11-4-10-5/h1-4H,(H2,10,11,12,13,14). The molecule has 68 valence electrons. The topological polar surface area (TPSA) is 70.1 Å². The summed E-state index contributed by atoms with van der Waals surface area (Å²) < 4.78 is 0. The van der Waals surface area contributed by atoms with Crippen LogP contribution in [0.1, 0.15) is 0 Å². The largest absolute Gasteiger partial charge is 0.347 e. The first-order valence-corrected chi connectivity index (χ1v) is 4.17. The minimum atomic E-state index is -0.372. The Kier molecular flexibility index (Phi) is 1.25. The van der Waals surface area contributed by atoms with Crippen LogP contribution in [-0.2, 0) is 0 Å². The van der Waals surface area contributed by atoms with Gasteiger partial charge in [-0.3, -0.25) is 0 Å². The van der Waals surface area contributed by atoms with Gasteiger partial charge in [-0.05, 0) is 12.1 Å². The molecule has 5 nitrogen and oxygen atoms in total. The van der Waals surface area contributed by atoms with E-state index >= 15 is 0 Å². The predicted octanol–water partition coefficient (Wildman–Crippen LogP) is 1.01. The number of aromatic nitrogens is 2. The molecule has 3 rings (SSSR count). The van der Waals surface area contributed by atoms with Crippen LogP contribution in [0.25, 0.3) is 10.9 Å². The molecule has 1 aromatic carbocycles. The number of benzene rings is 1. The van der Waals surface area contributed by atoms with E-state index in [1.54, 1.807) is 0 Å². The Bertz CT molecular complexity index is 599. The normalized spacial score (nSPS) is 12.9. The summed E-state index contributed by atoms with van der Waals surface area (Å²) in [5, 5.41) is 3.85. The highest BCUT2D eigenvalue weighted by molar-refractivity contribution is 6.05. The van der Waals surface area contributed by atoms with Gasteiger partial charge in [0, 0.05) is 0 Å². The highest BCUT2D eigenvalue weighted by Crippen LogP contribution is 2.30. The molecule has 0 radical (unpaired) electrons. The molecule has 2 N–H and O–H groups in total. The lowest BCUT2D eigenvalue weighted by Gasteiger charge is -2.10. The summed E-state index contributed by atoms with van der Waals surface area (Å²) in [5.41, 5.74) is 1.29. The van der Waals surface area contributed by atoms with E-state index in [9.17, 15) is 4.79 Å². The maximum absolute atomic E-state index is 11.1. The highest BCUT2D eigenvalue weighted by Gasteiger charge is 2.10. The fourth-order valence-electron chi connectivity index (χ4n) is 1.57. The number of aromatic amines is 1. The molecule has 0 amide bonds. The summed E-state index contributed by atoms with van der Waals surface area (Å²) in [5.74, 6) is 0.470. The van der Waals surface area contributed by atoms with Crippen LogP contribution < -0.4 is 11.0 Å². The van der Waals surface area contributed by atoms with E-state index in [1.807, 2.05) is 18.2 Å². The van der Waals surface area contributed by atoms with Crippen LogP contribution in [0.15, 0.2) is 28.0 Å². The number of aliphatic imine (C=N–C) groups is 1. The Morgan fingerprint density at radius 3 is 3.14 bits per heavy atom. The molecular weight excluding hydrogens is 180 g/mol. The van der Waals surface area contributed by atoms with Crippen molar-refractivity contribution in [3.05, 3.63) is 28.7 Å². The second-order valence-corrected chi connectivity index (χ2v) is 3.00. The van der Waals surface area contributed by atoms with Gasteiger partial charge in [0.1, 0.15) is 0 Å².